The van der Waals surface area contributed by atoms with Crippen LogP contribution in [0.3, 0.4) is 0 Å². The largest absolute Gasteiger partial charge is 0.480 e. The molecule has 1 saturated heterocycles. The summed E-state index contributed by atoms with van der Waals surface area (Å²) in [6.07, 6.45) is 7.58. The van der Waals surface area contributed by atoms with E-state index in [4.69, 9.17) is 5.11 Å². The molecule has 2 atom stereocenters. The Hall–Kier alpha value is -1.68. The molecule has 6 heteroatoms. The number of nitrogens with zero attached hydrogens (tertiary/aromatic N) is 2. The van der Waals surface area contributed by atoms with Gasteiger partial charge in [0.15, 0.2) is 0 Å². The second-order valence-corrected chi connectivity index (χ2v) is 5.65. The highest BCUT2D eigenvalue weighted by molar-refractivity contribution is 5.88. The molecule has 2 aliphatic rings. The van der Waals surface area contributed by atoms with Crippen molar-refractivity contribution in [1.29, 1.82) is 0 Å². The zero-order valence-corrected chi connectivity index (χ0v) is 11.5. The van der Waals surface area contributed by atoms with Gasteiger partial charge in [0, 0.05) is 6.54 Å². The summed E-state index contributed by atoms with van der Waals surface area (Å²) in [7, 11) is 0. The SMILES string of the molecule is O=C=N[C@H](CC1CCCC1)C(=O)N1CCC[C@H]1C(=O)O. The van der Waals surface area contributed by atoms with Gasteiger partial charge in [-0.1, -0.05) is 25.7 Å². The molecule has 2 rings (SSSR count). The Labute approximate surface area is 117 Å². The molecule has 0 aromatic rings. The molecule has 1 N–H and O–H groups in total. The number of isocyanates is 1. The van der Waals surface area contributed by atoms with Crippen LogP contribution in [0.2, 0.25) is 0 Å². The molecule has 1 saturated carbocycles. The van der Waals surface area contributed by atoms with Gasteiger partial charge in [0.05, 0.1) is 0 Å². The van der Waals surface area contributed by atoms with Gasteiger partial charge in [-0.2, -0.15) is 4.99 Å². The van der Waals surface area contributed by atoms with Gasteiger partial charge in [0.25, 0.3) is 0 Å². The van der Waals surface area contributed by atoms with Crippen LogP contribution >= 0.6 is 0 Å². The van der Waals surface area contributed by atoms with Crippen LogP contribution in [-0.4, -0.2) is 46.6 Å². The standard InChI is InChI=1S/C14H20N2O4/c17-9-15-11(8-10-4-1-2-5-10)13(18)16-7-3-6-12(16)14(19)20/h10-12H,1-8H2,(H,19,20)/t11-,12+/m1/s1. The molecule has 20 heavy (non-hydrogen) atoms. The van der Waals surface area contributed by atoms with E-state index in [-0.39, 0.29) is 5.91 Å². The highest BCUT2D eigenvalue weighted by atomic mass is 16.4. The van der Waals surface area contributed by atoms with E-state index in [0.717, 1.165) is 25.7 Å². The molecule has 1 amide bonds. The molecule has 1 aliphatic carbocycles. The van der Waals surface area contributed by atoms with E-state index in [0.29, 0.717) is 31.7 Å². The monoisotopic (exact) mass is 280 g/mol. The van der Waals surface area contributed by atoms with Crippen LogP contribution in [0.25, 0.3) is 0 Å². The smallest absolute Gasteiger partial charge is 0.326 e. The van der Waals surface area contributed by atoms with E-state index in [2.05, 4.69) is 4.99 Å². The summed E-state index contributed by atoms with van der Waals surface area (Å²) >= 11 is 0. The van der Waals surface area contributed by atoms with E-state index >= 15 is 0 Å². The number of aliphatic imine (C=N–C) groups is 1. The summed E-state index contributed by atoms with van der Waals surface area (Å²) in [5.74, 6) is -0.900. The van der Waals surface area contributed by atoms with Crippen molar-refractivity contribution >= 4 is 18.0 Å². The minimum Gasteiger partial charge on any atom is -0.480 e. The summed E-state index contributed by atoms with van der Waals surface area (Å²) < 4.78 is 0. The highest BCUT2D eigenvalue weighted by Gasteiger charge is 2.38. The predicted molar refractivity (Wildman–Crippen MR) is 70.9 cm³/mol. The Morgan fingerprint density at radius 3 is 2.55 bits per heavy atom. The fraction of sp³-hybridized carbons (Fsp3) is 0.786. The van der Waals surface area contributed by atoms with Crippen LogP contribution in [0.15, 0.2) is 4.99 Å². The first-order valence-corrected chi connectivity index (χ1v) is 7.23. The summed E-state index contributed by atoms with van der Waals surface area (Å²) in [5.41, 5.74) is 0. The summed E-state index contributed by atoms with van der Waals surface area (Å²) in [6.45, 7) is 0.436. The lowest BCUT2D eigenvalue weighted by Crippen LogP contribution is -2.45. The number of hydrogen-bond acceptors (Lipinski definition) is 4. The highest BCUT2D eigenvalue weighted by Crippen LogP contribution is 2.30. The maximum Gasteiger partial charge on any atom is 0.326 e. The summed E-state index contributed by atoms with van der Waals surface area (Å²) in [4.78, 5) is 39.1. The van der Waals surface area contributed by atoms with Crippen molar-refractivity contribution in [3.63, 3.8) is 0 Å². The van der Waals surface area contributed by atoms with Gasteiger partial charge in [-0.05, 0) is 25.2 Å². The minimum absolute atomic E-state index is 0.329. The molecule has 6 nitrogen and oxygen atoms in total. The molecule has 0 radical (unpaired) electrons. The number of carboxylic acids is 1. The lowest BCUT2D eigenvalue weighted by atomic mass is 9.97. The number of hydrogen-bond donors (Lipinski definition) is 1. The van der Waals surface area contributed by atoms with Gasteiger partial charge < -0.3 is 10.0 Å². The van der Waals surface area contributed by atoms with Crippen molar-refractivity contribution < 1.29 is 19.5 Å². The third-order valence-corrected chi connectivity index (χ3v) is 4.35. The summed E-state index contributed by atoms with van der Waals surface area (Å²) in [5, 5.41) is 9.13. The molecule has 110 valence electrons. The lowest BCUT2D eigenvalue weighted by molar-refractivity contribution is -0.148. The fourth-order valence-electron chi connectivity index (χ4n) is 3.31. The van der Waals surface area contributed by atoms with Crippen molar-refractivity contribution in [2.24, 2.45) is 10.9 Å². The van der Waals surface area contributed by atoms with E-state index in [1.54, 1.807) is 0 Å². The average Bonchev–Trinajstić information content (AvgIpc) is 3.08. The number of rotatable bonds is 5. The lowest BCUT2D eigenvalue weighted by Gasteiger charge is -2.25. The van der Waals surface area contributed by atoms with Gasteiger partial charge in [0.2, 0.25) is 12.0 Å². The number of likely N-dealkylation sites (tertiary alicyclic amines) is 1. The summed E-state index contributed by atoms with van der Waals surface area (Å²) in [6, 6.07) is -1.52. The molecule has 0 aromatic heterocycles. The van der Waals surface area contributed by atoms with Crippen LogP contribution < -0.4 is 0 Å². The predicted octanol–water partition coefficient (Wildman–Crippen LogP) is 1.35. The number of carboxylic acid groups (broad SMARTS) is 1. The molecular weight excluding hydrogens is 260 g/mol. The zero-order chi connectivity index (χ0) is 14.5. The normalized spacial score (nSPS) is 24.4. The van der Waals surface area contributed by atoms with Crippen molar-refractivity contribution in [2.45, 2.75) is 57.0 Å². The molecule has 2 fully saturated rings. The Kier molecular flexibility index (Phi) is 4.90. The minimum atomic E-state index is -0.981. The first-order valence-electron chi connectivity index (χ1n) is 7.23. The second-order valence-electron chi connectivity index (χ2n) is 5.65. The average molecular weight is 280 g/mol. The Morgan fingerprint density at radius 1 is 1.25 bits per heavy atom. The van der Waals surface area contributed by atoms with Gasteiger partial charge in [-0.25, -0.2) is 9.59 Å². The molecule has 0 spiro atoms. The first-order chi connectivity index (χ1) is 9.63. The maximum atomic E-state index is 12.4. The quantitative estimate of drug-likeness (QED) is 0.608. The number of carbonyl (C=O) groups is 2. The maximum absolute atomic E-state index is 12.4. The van der Waals surface area contributed by atoms with Crippen LogP contribution in [-0.2, 0) is 14.4 Å². The second kappa shape index (κ2) is 6.66. The topological polar surface area (TPSA) is 87.0 Å². The molecule has 0 unspecified atom stereocenters. The third-order valence-electron chi connectivity index (χ3n) is 4.35. The number of carbonyl (C=O) groups excluding carboxylic acids is 2. The van der Waals surface area contributed by atoms with Crippen LogP contribution in [0.1, 0.15) is 44.9 Å². The fourth-order valence-corrected chi connectivity index (χ4v) is 3.31. The first kappa shape index (κ1) is 14.7. The van der Waals surface area contributed by atoms with Gasteiger partial charge in [0.1, 0.15) is 12.1 Å². The zero-order valence-electron chi connectivity index (χ0n) is 11.5. The Morgan fingerprint density at radius 2 is 1.95 bits per heavy atom. The van der Waals surface area contributed by atoms with Crippen molar-refractivity contribution in [3.8, 4) is 0 Å². The van der Waals surface area contributed by atoms with Crippen LogP contribution in [0, 0.1) is 5.92 Å². The van der Waals surface area contributed by atoms with Gasteiger partial charge in [-0.3, -0.25) is 4.79 Å². The molecule has 1 heterocycles. The van der Waals surface area contributed by atoms with E-state index in [9.17, 15) is 14.4 Å². The molecule has 1 aliphatic heterocycles. The molecular formula is C14H20N2O4. The van der Waals surface area contributed by atoms with E-state index < -0.39 is 18.1 Å². The molecule has 0 aromatic carbocycles. The van der Waals surface area contributed by atoms with Crippen LogP contribution in [0.4, 0.5) is 0 Å². The number of amides is 1. The van der Waals surface area contributed by atoms with Crippen molar-refractivity contribution in [3.05, 3.63) is 0 Å². The van der Waals surface area contributed by atoms with Crippen molar-refractivity contribution in [2.75, 3.05) is 6.54 Å². The molecule has 0 bridgehead atoms. The third kappa shape index (κ3) is 3.25. The van der Waals surface area contributed by atoms with Crippen molar-refractivity contribution in [1.82, 2.24) is 4.90 Å². The number of aliphatic carboxylic acids is 1. The van der Waals surface area contributed by atoms with Gasteiger partial charge >= 0.3 is 5.97 Å². The van der Waals surface area contributed by atoms with Gasteiger partial charge in [-0.15, -0.1) is 0 Å². The van der Waals surface area contributed by atoms with E-state index in [1.165, 1.54) is 11.0 Å². The Bertz CT molecular complexity index is 425. The van der Waals surface area contributed by atoms with Crippen LogP contribution in [0.5, 0.6) is 0 Å². The Balaban J connectivity index is 2.05. The van der Waals surface area contributed by atoms with E-state index in [1.807, 2.05) is 0 Å².